The number of hydrogen-bond acceptors (Lipinski definition) is 6. The van der Waals surface area contributed by atoms with Gasteiger partial charge < -0.3 is 16.0 Å². The number of nitrogens with zero attached hydrogens (tertiary/aromatic N) is 4. The van der Waals surface area contributed by atoms with Gasteiger partial charge in [0.2, 0.25) is 5.95 Å². The first-order valence-corrected chi connectivity index (χ1v) is 9.26. The highest BCUT2D eigenvalue weighted by molar-refractivity contribution is 5.49. The maximum atomic E-state index is 5.72. The lowest BCUT2D eigenvalue weighted by Crippen LogP contribution is -2.16. The van der Waals surface area contributed by atoms with Gasteiger partial charge in [-0.05, 0) is 25.5 Å². The van der Waals surface area contributed by atoms with Crippen LogP contribution < -0.4 is 16.0 Å². The number of allylic oxidation sites excluding steroid dienone is 3. The van der Waals surface area contributed by atoms with Crippen molar-refractivity contribution in [3.8, 4) is 0 Å². The molecule has 1 aliphatic rings. The summed E-state index contributed by atoms with van der Waals surface area (Å²) in [7, 11) is 0. The minimum atomic E-state index is 0.284. The topological polar surface area (TPSA) is 80.0 Å². The highest BCUT2D eigenvalue weighted by Gasteiger charge is 2.04. The Hall–Kier alpha value is -3.15. The Balaban J connectivity index is 0.00000126. The van der Waals surface area contributed by atoms with Crippen molar-refractivity contribution in [1.29, 1.82) is 0 Å². The lowest BCUT2D eigenvalue weighted by Gasteiger charge is -2.19. The summed E-state index contributed by atoms with van der Waals surface area (Å²) in [6, 6.07) is 5.91. The Bertz CT molecular complexity index is 775. The first-order valence-electron chi connectivity index (χ1n) is 9.26. The van der Waals surface area contributed by atoms with Crippen LogP contribution in [0.2, 0.25) is 0 Å². The fraction of sp³-hybridized carbons (Fsp3) is 0.286. The summed E-state index contributed by atoms with van der Waals surface area (Å²) in [6.45, 7) is 6.72. The van der Waals surface area contributed by atoms with E-state index in [1.54, 1.807) is 0 Å². The van der Waals surface area contributed by atoms with E-state index in [2.05, 4.69) is 55.7 Å². The highest BCUT2D eigenvalue weighted by Crippen LogP contribution is 2.16. The average Bonchev–Trinajstić information content (AvgIpc) is 2.68. The predicted molar refractivity (Wildman–Crippen MR) is 113 cm³/mol. The van der Waals surface area contributed by atoms with Crippen molar-refractivity contribution in [2.24, 2.45) is 0 Å². The van der Waals surface area contributed by atoms with Gasteiger partial charge in [0.25, 0.3) is 0 Å². The van der Waals surface area contributed by atoms with Crippen molar-refractivity contribution in [2.45, 2.75) is 33.6 Å². The summed E-state index contributed by atoms with van der Waals surface area (Å²) < 4.78 is 0. The molecule has 2 aromatic heterocycles. The molecular formula is C21H28N6. The number of rotatable bonds is 3. The van der Waals surface area contributed by atoms with Gasteiger partial charge in [-0.15, -0.1) is 0 Å². The normalized spacial score (nSPS) is 18.3. The van der Waals surface area contributed by atoms with E-state index < -0.39 is 0 Å². The molecule has 27 heavy (non-hydrogen) atoms. The van der Waals surface area contributed by atoms with Crippen LogP contribution in [-0.2, 0) is 0 Å². The van der Waals surface area contributed by atoms with E-state index in [1.807, 2.05) is 51.4 Å². The SMILES string of the molecule is CC.Cc1cc(N/C2=C/C/C=C\N(c3ccncc3)C/C=C\C2)nc(N)n1. The van der Waals surface area contributed by atoms with Crippen LogP contribution in [0.1, 0.15) is 32.4 Å². The third-order valence-corrected chi connectivity index (χ3v) is 3.75. The molecule has 142 valence electrons. The van der Waals surface area contributed by atoms with Crippen LogP contribution in [0, 0.1) is 6.92 Å². The lowest BCUT2D eigenvalue weighted by molar-refractivity contribution is 1.04. The molecule has 0 amide bonds. The summed E-state index contributed by atoms with van der Waals surface area (Å²) in [5.41, 5.74) is 8.79. The molecule has 1 aliphatic heterocycles. The zero-order chi connectivity index (χ0) is 19.5. The number of nitrogens with one attached hydrogen (secondary N) is 1. The van der Waals surface area contributed by atoms with Gasteiger partial charge in [0.15, 0.2) is 0 Å². The van der Waals surface area contributed by atoms with Crippen LogP contribution >= 0.6 is 0 Å². The summed E-state index contributed by atoms with van der Waals surface area (Å²) in [5.74, 6) is 1.01. The summed E-state index contributed by atoms with van der Waals surface area (Å²) in [4.78, 5) is 14.6. The second-order valence-electron chi connectivity index (χ2n) is 5.76. The third-order valence-electron chi connectivity index (χ3n) is 3.75. The summed E-state index contributed by atoms with van der Waals surface area (Å²) >= 11 is 0. The fourth-order valence-electron chi connectivity index (χ4n) is 2.59. The lowest BCUT2D eigenvalue weighted by atomic mass is 10.2. The van der Waals surface area contributed by atoms with Crippen LogP contribution in [0.25, 0.3) is 0 Å². The molecule has 2 aromatic rings. The van der Waals surface area contributed by atoms with Crippen LogP contribution in [0.3, 0.4) is 0 Å². The van der Waals surface area contributed by atoms with E-state index in [9.17, 15) is 0 Å². The maximum Gasteiger partial charge on any atom is 0.222 e. The Labute approximate surface area is 161 Å². The molecule has 3 heterocycles. The van der Waals surface area contributed by atoms with Crippen molar-refractivity contribution < 1.29 is 0 Å². The Morgan fingerprint density at radius 3 is 2.59 bits per heavy atom. The Kier molecular flexibility index (Phi) is 8.03. The monoisotopic (exact) mass is 364 g/mol. The third kappa shape index (κ3) is 6.58. The first kappa shape index (κ1) is 20.2. The quantitative estimate of drug-likeness (QED) is 0.783. The molecule has 3 N–H and O–H groups in total. The number of aromatic nitrogens is 3. The van der Waals surface area contributed by atoms with Crippen molar-refractivity contribution >= 4 is 17.5 Å². The Morgan fingerprint density at radius 2 is 1.85 bits per heavy atom. The van der Waals surface area contributed by atoms with Crippen LogP contribution in [0.15, 0.2) is 66.8 Å². The molecule has 0 aromatic carbocycles. The fourth-order valence-corrected chi connectivity index (χ4v) is 2.59. The Morgan fingerprint density at radius 1 is 1.07 bits per heavy atom. The molecule has 0 fully saturated rings. The van der Waals surface area contributed by atoms with Gasteiger partial charge in [0, 0.05) is 54.7 Å². The van der Waals surface area contributed by atoms with Crippen LogP contribution in [0.4, 0.5) is 17.5 Å². The standard InChI is InChI=1S/C19H22N6.C2H6/c1-15-14-18(24-19(20)22-15)23-16-6-2-4-12-25(13-5-3-7-16)17-8-10-21-11-9-17;1-2/h2,4-5,7-11,13-14H,3,6,12H2,1H3,(H3,20,22,23,24);1-2H3/b4-2-,13-5-,16-7+;. The van der Waals surface area contributed by atoms with Gasteiger partial charge in [0.05, 0.1) is 0 Å². The second kappa shape index (κ2) is 10.8. The highest BCUT2D eigenvalue weighted by atomic mass is 15.1. The average molecular weight is 364 g/mol. The first-order chi connectivity index (χ1) is 13.2. The summed E-state index contributed by atoms with van der Waals surface area (Å²) in [5, 5.41) is 3.34. The molecule has 0 aliphatic carbocycles. The van der Waals surface area contributed by atoms with Gasteiger partial charge in [-0.25, -0.2) is 4.98 Å². The van der Waals surface area contributed by atoms with Crippen LogP contribution in [0.5, 0.6) is 0 Å². The molecule has 0 saturated heterocycles. The zero-order valence-corrected chi connectivity index (χ0v) is 16.3. The molecule has 0 spiro atoms. The number of pyridine rings is 1. The minimum Gasteiger partial charge on any atom is -0.368 e. The molecule has 0 atom stereocenters. The maximum absolute atomic E-state index is 5.72. The van der Waals surface area contributed by atoms with E-state index in [0.29, 0.717) is 0 Å². The number of nitrogens with two attached hydrogens (primary N) is 1. The molecule has 0 unspecified atom stereocenters. The predicted octanol–water partition coefficient (Wildman–Crippen LogP) is 4.45. The summed E-state index contributed by atoms with van der Waals surface area (Å²) in [6.07, 6.45) is 16.0. The number of nitrogen functional groups attached to an aromatic ring is 1. The molecule has 0 bridgehead atoms. The van der Waals surface area contributed by atoms with Gasteiger partial charge in [0.1, 0.15) is 5.82 Å². The smallest absolute Gasteiger partial charge is 0.222 e. The molecule has 0 radical (unpaired) electrons. The van der Waals surface area contributed by atoms with E-state index in [1.165, 1.54) is 0 Å². The van der Waals surface area contributed by atoms with Crippen molar-refractivity contribution in [3.05, 3.63) is 72.5 Å². The molecular weight excluding hydrogens is 336 g/mol. The van der Waals surface area contributed by atoms with Crippen molar-refractivity contribution in [2.75, 3.05) is 22.5 Å². The second-order valence-corrected chi connectivity index (χ2v) is 5.76. The number of anilines is 3. The van der Waals surface area contributed by atoms with Gasteiger partial charge in [-0.3, -0.25) is 4.98 Å². The molecule has 3 rings (SSSR count). The molecule has 6 heteroatoms. The largest absolute Gasteiger partial charge is 0.368 e. The molecule has 6 nitrogen and oxygen atoms in total. The van der Waals surface area contributed by atoms with Crippen molar-refractivity contribution in [3.63, 3.8) is 0 Å². The van der Waals surface area contributed by atoms with E-state index >= 15 is 0 Å². The molecule has 0 saturated carbocycles. The number of hydrogen-bond donors (Lipinski definition) is 2. The van der Waals surface area contributed by atoms with Gasteiger partial charge in [-0.2, -0.15) is 4.98 Å². The van der Waals surface area contributed by atoms with E-state index in [4.69, 9.17) is 5.73 Å². The van der Waals surface area contributed by atoms with Crippen LogP contribution in [-0.4, -0.2) is 21.5 Å². The van der Waals surface area contributed by atoms with Gasteiger partial charge >= 0.3 is 0 Å². The van der Waals surface area contributed by atoms with Crippen molar-refractivity contribution in [1.82, 2.24) is 15.0 Å². The van der Waals surface area contributed by atoms with E-state index in [0.717, 1.165) is 42.3 Å². The minimum absolute atomic E-state index is 0.284. The van der Waals surface area contributed by atoms with E-state index in [-0.39, 0.29) is 5.95 Å². The zero-order valence-electron chi connectivity index (χ0n) is 16.3. The number of aryl methyl sites for hydroxylation is 1. The van der Waals surface area contributed by atoms with Gasteiger partial charge in [-0.1, -0.05) is 38.2 Å².